The molecule has 34 heavy (non-hydrogen) atoms. The fraction of sp³-hybridized carbons (Fsp3) is 0.381. The number of rotatable bonds is 6. The fourth-order valence-electron chi connectivity index (χ4n) is 4.03. The van der Waals surface area contributed by atoms with E-state index in [0.717, 1.165) is 0 Å². The molecule has 13 nitrogen and oxygen atoms in total. The standard InChI is InChI=1S/C21H22N8O5/c1-4-21(27-28-22)11(2)15(33-19(32)13-8-6-5-7-9-13)18(34-21)29-10-23-14-16(29)25-20(24-12(3)30)26-17(14)31/h5-11,15,18H,4H2,1-3H3,(H2,24,25,26,30,31)/t11-,15+,18+,21+/m0/s1. The number of azide groups is 1. The molecular formula is C21H22N8O5. The van der Waals surface area contributed by atoms with Crippen molar-refractivity contribution in [3.8, 4) is 0 Å². The van der Waals surface area contributed by atoms with Crippen LogP contribution in [0, 0.1) is 5.92 Å². The summed E-state index contributed by atoms with van der Waals surface area (Å²) in [7, 11) is 0. The van der Waals surface area contributed by atoms with Crippen molar-refractivity contribution < 1.29 is 19.1 Å². The van der Waals surface area contributed by atoms with E-state index in [1.165, 1.54) is 17.8 Å². The molecule has 0 radical (unpaired) electrons. The molecule has 1 aliphatic rings. The van der Waals surface area contributed by atoms with Gasteiger partial charge in [0.15, 0.2) is 29.2 Å². The van der Waals surface area contributed by atoms with Crippen LogP contribution in [0.25, 0.3) is 21.6 Å². The van der Waals surface area contributed by atoms with Gasteiger partial charge in [-0.15, -0.1) is 0 Å². The SMILES string of the molecule is CC[C@@]1(N=[N+]=[N-])O[C@@H](n2cnc3c(=O)[nH]c(NC(C)=O)nc32)[C@H](OC(=O)c2ccccc2)[C@@H]1C. The highest BCUT2D eigenvalue weighted by Gasteiger charge is 2.54. The number of nitrogens with one attached hydrogen (secondary N) is 2. The van der Waals surface area contributed by atoms with Crippen LogP contribution in [0.2, 0.25) is 0 Å². The summed E-state index contributed by atoms with van der Waals surface area (Å²) < 4.78 is 13.5. The Labute approximate surface area is 192 Å². The summed E-state index contributed by atoms with van der Waals surface area (Å²) in [6.45, 7) is 4.81. The van der Waals surface area contributed by atoms with Crippen molar-refractivity contribution in [3.63, 3.8) is 0 Å². The monoisotopic (exact) mass is 466 g/mol. The fourth-order valence-corrected chi connectivity index (χ4v) is 4.03. The molecule has 3 heterocycles. The number of aromatic amines is 1. The van der Waals surface area contributed by atoms with Gasteiger partial charge in [-0.3, -0.25) is 24.5 Å². The number of ether oxygens (including phenoxy) is 2. The second-order valence-electron chi connectivity index (χ2n) is 7.84. The van der Waals surface area contributed by atoms with Crippen LogP contribution in [0.1, 0.15) is 43.8 Å². The van der Waals surface area contributed by atoms with Crippen LogP contribution in [-0.2, 0) is 14.3 Å². The number of amides is 1. The molecule has 1 saturated heterocycles. The highest BCUT2D eigenvalue weighted by atomic mass is 16.6. The Morgan fingerprint density at radius 3 is 2.76 bits per heavy atom. The number of H-pyrrole nitrogens is 1. The minimum absolute atomic E-state index is 0.00345. The van der Waals surface area contributed by atoms with Crippen LogP contribution in [0.15, 0.2) is 46.6 Å². The first-order valence-electron chi connectivity index (χ1n) is 10.5. The number of imidazole rings is 1. The summed E-state index contributed by atoms with van der Waals surface area (Å²) in [5.41, 5.74) is 7.72. The first kappa shape index (κ1) is 23.0. The summed E-state index contributed by atoms with van der Waals surface area (Å²) in [5, 5.41) is 6.31. The maximum absolute atomic E-state index is 12.9. The molecule has 0 bridgehead atoms. The quantitative estimate of drug-likeness (QED) is 0.243. The molecule has 1 amide bonds. The van der Waals surface area contributed by atoms with Crippen LogP contribution in [0.5, 0.6) is 0 Å². The summed E-state index contributed by atoms with van der Waals surface area (Å²) in [5.74, 6) is -1.65. The van der Waals surface area contributed by atoms with E-state index < -0.39 is 41.4 Å². The van der Waals surface area contributed by atoms with Crippen molar-refractivity contribution in [2.24, 2.45) is 11.0 Å². The molecule has 176 valence electrons. The number of benzene rings is 1. The van der Waals surface area contributed by atoms with Gasteiger partial charge in [0, 0.05) is 17.8 Å². The average Bonchev–Trinajstić information content (AvgIpc) is 3.35. The number of aromatic nitrogens is 4. The van der Waals surface area contributed by atoms with Gasteiger partial charge in [0.1, 0.15) is 0 Å². The van der Waals surface area contributed by atoms with Crippen LogP contribution < -0.4 is 10.9 Å². The molecular weight excluding hydrogens is 444 g/mol. The normalized spacial score (nSPS) is 23.9. The van der Waals surface area contributed by atoms with E-state index in [0.29, 0.717) is 12.0 Å². The topological polar surface area (TPSA) is 177 Å². The third kappa shape index (κ3) is 3.98. The van der Waals surface area contributed by atoms with Gasteiger partial charge in [0.2, 0.25) is 11.9 Å². The molecule has 4 rings (SSSR count). The lowest BCUT2D eigenvalue weighted by atomic mass is 9.92. The van der Waals surface area contributed by atoms with Gasteiger partial charge in [-0.25, -0.2) is 9.78 Å². The van der Waals surface area contributed by atoms with Crippen LogP contribution in [0.4, 0.5) is 5.95 Å². The average molecular weight is 466 g/mol. The van der Waals surface area contributed by atoms with Gasteiger partial charge in [-0.1, -0.05) is 37.2 Å². The second-order valence-corrected chi connectivity index (χ2v) is 7.84. The predicted molar refractivity (Wildman–Crippen MR) is 120 cm³/mol. The van der Waals surface area contributed by atoms with Gasteiger partial charge in [-0.2, -0.15) is 4.98 Å². The van der Waals surface area contributed by atoms with Crippen molar-refractivity contribution in [2.75, 3.05) is 5.32 Å². The number of hydrogen-bond acceptors (Lipinski definition) is 8. The van der Waals surface area contributed by atoms with E-state index in [1.807, 2.05) is 0 Å². The lowest BCUT2D eigenvalue weighted by Gasteiger charge is -2.26. The van der Waals surface area contributed by atoms with Gasteiger partial charge >= 0.3 is 5.97 Å². The first-order valence-corrected chi connectivity index (χ1v) is 10.5. The molecule has 0 unspecified atom stereocenters. The van der Waals surface area contributed by atoms with E-state index in [2.05, 4.69) is 30.3 Å². The largest absolute Gasteiger partial charge is 0.454 e. The summed E-state index contributed by atoms with van der Waals surface area (Å²) in [6, 6.07) is 8.43. The van der Waals surface area contributed by atoms with Crippen LogP contribution in [0.3, 0.4) is 0 Å². The summed E-state index contributed by atoms with van der Waals surface area (Å²) >= 11 is 0. The van der Waals surface area contributed by atoms with Gasteiger partial charge in [-0.05, 0) is 24.1 Å². The zero-order valence-corrected chi connectivity index (χ0v) is 18.6. The maximum Gasteiger partial charge on any atom is 0.338 e. The van der Waals surface area contributed by atoms with Crippen LogP contribution >= 0.6 is 0 Å². The Kier molecular flexibility index (Phi) is 6.05. The Morgan fingerprint density at radius 1 is 1.38 bits per heavy atom. The Bertz CT molecular complexity index is 1350. The Morgan fingerprint density at radius 2 is 2.12 bits per heavy atom. The summed E-state index contributed by atoms with van der Waals surface area (Å²) in [4.78, 5) is 50.6. The van der Waals surface area contributed by atoms with Gasteiger partial charge in [0.05, 0.1) is 11.9 Å². The van der Waals surface area contributed by atoms with E-state index >= 15 is 0 Å². The molecule has 3 aromatic rings. The number of anilines is 1. The number of nitrogens with zero attached hydrogens (tertiary/aromatic N) is 6. The molecule has 0 saturated carbocycles. The third-order valence-electron chi connectivity index (χ3n) is 5.78. The highest BCUT2D eigenvalue weighted by Crippen LogP contribution is 2.47. The van der Waals surface area contributed by atoms with Crippen molar-refractivity contribution in [2.45, 2.75) is 45.2 Å². The minimum Gasteiger partial charge on any atom is -0.454 e. The van der Waals surface area contributed by atoms with Crippen molar-refractivity contribution >= 4 is 29.0 Å². The van der Waals surface area contributed by atoms with E-state index in [4.69, 9.17) is 9.47 Å². The van der Waals surface area contributed by atoms with Gasteiger partial charge in [0.25, 0.3) is 5.56 Å². The van der Waals surface area contributed by atoms with E-state index in [-0.39, 0.29) is 17.1 Å². The predicted octanol–water partition coefficient (Wildman–Crippen LogP) is 2.89. The van der Waals surface area contributed by atoms with Crippen molar-refractivity contribution in [1.29, 1.82) is 0 Å². The number of carbonyl (C=O) groups excluding carboxylic acids is 2. The molecule has 0 spiro atoms. The minimum atomic E-state index is -1.32. The molecule has 4 atom stereocenters. The number of hydrogen-bond donors (Lipinski definition) is 2. The molecule has 1 aliphatic heterocycles. The lowest BCUT2D eigenvalue weighted by molar-refractivity contribution is -0.114. The van der Waals surface area contributed by atoms with Crippen molar-refractivity contribution in [1.82, 2.24) is 19.5 Å². The van der Waals surface area contributed by atoms with E-state index in [1.54, 1.807) is 44.2 Å². The zero-order valence-electron chi connectivity index (χ0n) is 18.6. The maximum atomic E-state index is 12.9. The summed E-state index contributed by atoms with van der Waals surface area (Å²) in [6.07, 6.45) is -0.308. The van der Waals surface area contributed by atoms with Crippen LogP contribution in [-0.4, -0.2) is 43.2 Å². The molecule has 13 heteroatoms. The number of fused-ring (bicyclic) bond motifs is 1. The van der Waals surface area contributed by atoms with E-state index in [9.17, 15) is 19.9 Å². The third-order valence-corrected chi connectivity index (χ3v) is 5.78. The number of esters is 1. The Balaban J connectivity index is 1.81. The van der Waals surface area contributed by atoms with Gasteiger partial charge < -0.3 is 9.47 Å². The Hall–Kier alpha value is -4.22. The molecule has 2 aromatic heterocycles. The highest BCUT2D eigenvalue weighted by molar-refractivity contribution is 5.89. The first-order chi connectivity index (χ1) is 16.3. The second kappa shape index (κ2) is 8.96. The molecule has 2 N–H and O–H groups in total. The zero-order chi connectivity index (χ0) is 24.5. The molecule has 1 fully saturated rings. The smallest absolute Gasteiger partial charge is 0.338 e. The molecule has 1 aromatic carbocycles. The van der Waals surface area contributed by atoms with Crippen molar-refractivity contribution in [3.05, 3.63) is 63.0 Å². The number of carbonyl (C=O) groups is 2. The lowest BCUT2D eigenvalue weighted by Crippen LogP contribution is -2.35. The molecule has 0 aliphatic carbocycles.